The van der Waals surface area contributed by atoms with E-state index in [1.165, 1.54) is 17.1 Å². The van der Waals surface area contributed by atoms with Crippen LogP contribution in [0, 0.1) is 5.92 Å². The van der Waals surface area contributed by atoms with E-state index >= 15 is 0 Å². The maximum absolute atomic E-state index is 4.68. The van der Waals surface area contributed by atoms with Crippen LogP contribution in [0.3, 0.4) is 0 Å². The molecule has 1 unspecified atom stereocenters. The molecule has 1 atom stereocenters. The second kappa shape index (κ2) is 11.0. The standard InChI is InChI=1S/C15H27N3S2/c1-4-16-15(17-8-6-9-19-3)18-12-13(2)11-14-7-5-10-20-14/h5,7,10,13H,4,6,8-9,11-12H2,1-3H3,(H2,16,17,18). The molecule has 3 nitrogen and oxygen atoms in total. The molecule has 1 heterocycles. The molecule has 1 aromatic rings. The van der Waals surface area contributed by atoms with Crippen molar-refractivity contribution in [1.82, 2.24) is 10.6 Å². The first-order valence-electron chi connectivity index (χ1n) is 7.29. The molecule has 0 bridgehead atoms. The van der Waals surface area contributed by atoms with Gasteiger partial charge in [0.2, 0.25) is 0 Å². The molecule has 1 aromatic heterocycles. The van der Waals surface area contributed by atoms with E-state index in [0.29, 0.717) is 5.92 Å². The van der Waals surface area contributed by atoms with Crippen LogP contribution in [0.4, 0.5) is 0 Å². The number of thioether (sulfide) groups is 1. The van der Waals surface area contributed by atoms with E-state index in [4.69, 9.17) is 0 Å². The average Bonchev–Trinajstić information content (AvgIpc) is 2.93. The maximum Gasteiger partial charge on any atom is 0.191 e. The number of hydrogen-bond donors (Lipinski definition) is 2. The lowest BCUT2D eigenvalue weighted by Crippen LogP contribution is -2.38. The minimum Gasteiger partial charge on any atom is -0.357 e. The van der Waals surface area contributed by atoms with Gasteiger partial charge in [-0.1, -0.05) is 13.0 Å². The Balaban J connectivity index is 2.32. The van der Waals surface area contributed by atoms with Gasteiger partial charge in [-0.25, -0.2) is 0 Å². The van der Waals surface area contributed by atoms with Crippen molar-refractivity contribution < 1.29 is 0 Å². The molecule has 0 radical (unpaired) electrons. The zero-order valence-electron chi connectivity index (χ0n) is 12.8. The Morgan fingerprint density at radius 3 is 2.95 bits per heavy atom. The Kier molecular flexibility index (Phi) is 9.58. The number of thiophene rings is 1. The Labute approximate surface area is 131 Å². The van der Waals surface area contributed by atoms with E-state index in [1.54, 1.807) is 0 Å². The minimum atomic E-state index is 0.579. The molecule has 0 saturated heterocycles. The Bertz CT molecular complexity index is 363. The van der Waals surface area contributed by atoms with Gasteiger partial charge < -0.3 is 10.6 Å². The second-order valence-electron chi connectivity index (χ2n) is 4.88. The summed E-state index contributed by atoms with van der Waals surface area (Å²) in [5.41, 5.74) is 0. The SMILES string of the molecule is CCNC(=NCC(C)Cc1cccs1)NCCCSC. The van der Waals surface area contributed by atoms with Crippen LogP contribution in [-0.2, 0) is 6.42 Å². The molecule has 0 aliphatic carbocycles. The lowest BCUT2D eigenvalue weighted by Gasteiger charge is -2.13. The molecule has 0 aromatic carbocycles. The van der Waals surface area contributed by atoms with Gasteiger partial charge in [0.1, 0.15) is 0 Å². The summed E-state index contributed by atoms with van der Waals surface area (Å²) < 4.78 is 0. The van der Waals surface area contributed by atoms with E-state index in [0.717, 1.165) is 32.0 Å². The van der Waals surface area contributed by atoms with Crippen LogP contribution in [-0.4, -0.2) is 37.6 Å². The van der Waals surface area contributed by atoms with Crippen LogP contribution in [0.15, 0.2) is 22.5 Å². The highest BCUT2D eigenvalue weighted by atomic mass is 32.2. The highest BCUT2D eigenvalue weighted by Crippen LogP contribution is 2.14. The highest BCUT2D eigenvalue weighted by molar-refractivity contribution is 7.98. The third-order valence-electron chi connectivity index (χ3n) is 2.85. The minimum absolute atomic E-state index is 0.579. The first-order valence-corrected chi connectivity index (χ1v) is 9.57. The number of aliphatic imine (C=N–C) groups is 1. The van der Waals surface area contributed by atoms with Crippen molar-refractivity contribution in [3.63, 3.8) is 0 Å². The summed E-state index contributed by atoms with van der Waals surface area (Å²) in [7, 11) is 0. The van der Waals surface area contributed by atoms with Gasteiger partial charge in [0.05, 0.1) is 0 Å². The number of hydrogen-bond acceptors (Lipinski definition) is 3. The Hall–Kier alpha value is -0.680. The van der Waals surface area contributed by atoms with Crippen LogP contribution in [0.25, 0.3) is 0 Å². The molecular formula is C15H27N3S2. The van der Waals surface area contributed by atoms with E-state index in [2.05, 4.69) is 53.2 Å². The van der Waals surface area contributed by atoms with Gasteiger partial charge >= 0.3 is 0 Å². The van der Waals surface area contributed by atoms with Gasteiger partial charge in [-0.05, 0) is 49.1 Å². The predicted molar refractivity (Wildman–Crippen MR) is 94.2 cm³/mol. The summed E-state index contributed by atoms with van der Waals surface area (Å²) in [4.78, 5) is 6.13. The smallest absolute Gasteiger partial charge is 0.191 e. The lowest BCUT2D eigenvalue weighted by molar-refractivity contribution is 0.594. The van der Waals surface area contributed by atoms with Gasteiger partial charge in [0.25, 0.3) is 0 Å². The fourth-order valence-corrected chi connectivity index (χ4v) is 3.15. The highest BCUT2D eigenvalue weighted by Gasteiger charge is 2.05. The maximum atomic E-state index is 4.68. The molecule has 114 valence electrons. The molecular weight excluding hydrogens is 286 g/mol. The second-order valence-corrected chi connectivity index (χ2v) is 6.90. The molecule has 5 heteroatoms. The lowest BCUT2D eigenvalue weighted by atomic mass is 10.1. The van der Waals surface area contributed by atoms with Gasteiger partial charge in [0.15, 0.2) is 5.96 Å². The van der Waals surface area contributed by atoms with Crippen LogP contribution >= 0.6 is 23.1 Å². The van der Waals surface area contributed by atoms with Crippen molar-refractivity contribution in [2.45, 2.75) is 26.7 Å². The summed E-state index contributed by atoms with van der Waals surface area (Å²) in [5.74, 6) is 2.73. The van der Waals surface area contributed by atoms with Gasteiger partial charge in [-0.2, -0.15) is 11.8 Å². The number of rotatable bonds is 9. The summed E-state index contributed by atoms with van der Waals surface area (Å²) in [6.45, 7) is 7.14. The topological polar surface area (TPSA) is 36.4 Å². The van der Waals surface area contributed by atoms with Crippen molar-refractivity contribution >= 4 is 29.1 Å². The van der Waals surface area contributed by atoms with Gasteiger partial charge in [-0.15, -0.1) is 11.3 Å². The first-order chi connectivity index (χ1) is 9.76. The van der Waals surface area contributed by atoms with Gasteiger partial charge in [-0.3, -0.25) is 4.99 Å². The van der Waals surface area contributed by atoms with E-state index in [9.17, 15) is 0 Å². The third kappa shape index (κ3) is 7.80. The largest absolute Gasteiger partial charge is 0.357 e. The molecule has 0 aliphatic rings. The third-order valence-corrected chi connectivity index (χ3v) is 4.45. The Morgan fingerprint density at radius 1 is 1.45 bits per heavy atom. The fraction of sp³-hybridized carbons (Fsp3) is 0.667. The molecule has 1 rings (SSSR count). The molecule has 0 fully saturated rings. The molecule has 0 saturated carbocycles. The van der Waals surface area contributed by atoms with Crippen LogP contribution < -0.4 is 10.6 Å². The normalized spacial score (nSPS) is 13.2. The summed E-state index contributed by atoms with van der Waals surface area (Å²) in [6.07, 6.45) is 4.44. The zero-order valence-corrected chi connectivity index (χ0v) is 14.4. The molecule has 0 spiro atoms. The van der Waals surface area contributed by atoms with E-state index in [1.807, 2.05) is 23.1 Å². The molecule has 0 aliphatic heterocycles. The van der Waals surface area contributed by atoms with Crippen molar-refractivity contribution in [2.75, 3.05) is 31.6 Å². The number of guanidine groups is 1. The Morgan fingerprint density at radius 2 is 2.30 bits per heavy atom. The van der Waals surface area contributed by atoms with Crippen molar-refractivity contribution in [2.24, 2.45) is 10.9 Å². The predicted octanol–water partition coefficient (Wildman–Crippen LogP) is 3.23. The quantitative estimate of drug-likeness (QED) is 0.417. The summed E-state index contributed by atoms with van der Waals surface area (Å²) >= 11 is 3.72. The average molecular weight is 314 g/mol. The molecule has 2 N–H and O–H groups in total. The van der Waals surface area contributed by atoms with Crippen molar-refractivity contribution in [3.8, 4) is 0 Å². The van der Waals surface area contributed by atoms with Crippen molar-refractivity contribution in [3.05, 3.63) is 22.4 Å². The van der Waals surface area contributed by atoms with Crippen molar-refractivity contribution in [1.29, 1.82) is 0 Å². The number of nitrogens with one attached hydrogen (secondary N) is 2. The van der Waals surface area contributed by atoms with Crippen LogP contribution in [0.1, 0.15) is 25.1 Å². The van der Waals surface area contributed by atoms with E-state index < -0.39 is 0 Å². The monoisotopic (exact) mass is 313 g/mol. The number of nitrogens with zero attached hydrogens (tertiary/aromatic N) is 1. The summed E-state index contributed by atoms with van der Waals surface area (Å²) in [5, 5.41) is 8.85. The summed E-state index contributed by atoms with van der Waals surface area (Å²) in [6, 6.07) is 4.32. The zero-order chi connectivity index (χ0) is 14.6. The van der Waals surface area contributed by atoms with E-state index in [-0.39, 0.29) is 0 Å². The molecule has 0 amide bonds. The fourth-order valence-electron chi connectivity index (χ4n) is 1.85. The van der Waals surface area contributed by atoms with Gasteiger partial charge in [0, 0.05) is 24.5 Å². The van der Waals surface area contributed by atoms with Crippen LogP contribution in [0.2, 0.25) is 0 Å². The van der Waals surface area contributed by atoms with Crippen LogP contribution in [0.5, 0.6) is 0 Å². The molecule has 20 heavy (non-hydrogen) atoms. The first kappa shape index (κ1) is 17.4.